The van der Waals surface area contributed by atoms with Crippen molar-refractivity contribution in [3.63, 3.8) is 0 Å². The van der Waals surface area contributed by atoms with Crippen molar-refractivity contribution in [2.24, 2.45) is 5.92 Å². The molecule has 1 rings (SSSR count). The van der Waals surface area contributed by atoms with Gasteiger partial charge in [0, 0.05) is 12.7 Å². The number of carbonyl (C=O) groups excluding carboxylic acids is 1. The largest absolute Gasteiger partial charge is 0.506 e. The van der Waals surface area contributed by atoms with E-state index >= 15 is 0 Å². The number of hydrogen-bond donors (Lipinski definition) is 2. The fourth-order valence-corrected chi connectivity index (χ4v) is 1.89. The molecule has 0 unspecified atom stereocenters. The second kappa shape index (κ2) is 8.51. The molecule has 0 saturated heterocycles. The molecule has 0 saturated carbocycles. The zero-order valence-electron chi connectivity index (χ0n) is 11.9. The molecule has 4 heteroatoms. The second-order valence-corrected chi connectivity index (χ2v) is 5.28. The van der Waals surface area contributed by atoms with E-state index in [-0.39, 0.29) is 11.7 Å². The van der Waals surface area contributed by atoms with Crippen molar-refractivity contribution >= 4 is 5.91 Å². The standard InChI is InChI=1S/C15H24N2O2/c1-12(2)7-5-3-4-6-8-17-15(19)13-9-14(18)11-16-10-13/h9-12,18H,3-8H2,1-2H3,(H,17,19). The minimum absolute atomic E-state index is 0.0151. The lowest BCUT2D eigenvalue weighted by Crippen LogP contribution is -2.24. The molecule has 1 aromatic heterocycles. The van der Waals surface area contributed by atoms with Gasteiger partial charge >= 0.3 is 0 Å². The molecule has 2 N–H and O–H groups in total. The summed E-state index contributed by atoms with van der Waals surface area (Å²) in [6.45, 7) is 5.16. The van der Waals surface area contributed by atoms with Crippen LogP contribution in [-0.2, 0) is 0 Å². The summed E-state index contributed by atoms with van der Waals surface area (Å²) in [6.07, 6.45) is 8.68. The molecule has 1 heterocycles. The molecule has 0 spiro atoms. The first kappa shape index (κ1) is 15.5. The molecule has 0 fully saturated rings. The third kappa shape index (κ3) is 6.79. The molecule has 1 aromatic rings. The Labute approximate surface area is 115 Å². The maximum Gasteiger partial charge on any atom is 0.252 e. The maximum atomic E-state index is 11.7. The number of aromatic hydroxyl groups is 1. The van der Waals surface area contributed by atoms with E-state index in [1.54, 1.807) is 0 Å². The monoisotopic (exact) mass is 264 g/mol. The van der Waals surface area contributed by atoms with E-state index in [0.717, 1.165) is 18.8 Å². The molecule has 1 amide bonds. The average molecular weight is 264 g/mol. The SMILES string of the molecule is CC(C)CCCCCCNC(=O)c1cncc(O)c1. The number of pyridine rings is 1. The van der Waals surface area contributed by atoms with Crippen LogP contribution in [0.2, 0.25) is 0 Å². The molecule has 0 atom stereocenters. The Morgan fingerprint density at radius 3 is 2.68 bits per heavy atom. The summed E-state index contributed by atoms with van der Waals surface area (Å²) < 4.78 is 0. The van der Waals surface area contributed by atoms with Crippen LogP contribution < -0.4 is 5.32 Å². The Morgan fingerprint density at radius 2 is 2.00 bits per heavy atom. The van der Waals surface area contributed by atoms with Crippen molar-refractivity contribution in [2.45, 2.75) is 46.0 Å². The van der Waals surface area contributed by atoms with E-state index in [4.69, 9.17) is 0 Å². The first-order valence-corrected chi connectivity index (χ1v) is 7.02. The van der Waals surface area contributed by atoms with Crippen LogP contribution in [0.3, 0.4) is 0 Å². The number of carbonyl (C=O) groups is 1. The first-order chi connectivity index (χ1) is 9.09. The average Bonchev–Trinajstić information content (AvgIpc) is 2.37. The van der Waals surface area contributed by atoms with Gasteiger partial charge in [0.15, 0.2) is 0 Å². The summed E-state index contributed by atoms with van der Waals surface area (Å²) in [7, 11) is 0. The van der Waals surface area contributed by atoms with Crippen LogP contribution in [0.5, 0.6) is 5.75 Å². The van der Waals surface area contributed by atoms with Crippen LogP contribution in [0, 0.1) is 5.92 Å². The summed E-state index contributed by atoms with van der Waals surface area (Å²) in [5.41, 5.74) is 0.403. The predicted octanol–water partition coefficient (Wildman–Crippen LogP) is 3.12. The Balaban J connectivity index is 2.11. The van der Waals surface area contributed by atoms with Crippen LogP contribution in [0.15, 0.2) is 18.5 Å². The highest BCUT2D eigenvalue weighted by Crippen LogP contribution is 2.10. The smallest absolute Gasteiger partial charge is 0.252 e. The van der Waals surface area contributed by atoms with Crippen molar-refractivity contribution in [3.8, 4) is 5.75 Å². The van der Waals surface area contributed by atoms with Crippen molar-refractivity contribution in [1.29, 1.82) is 0 Å². The zero-order valence-corrected chi connectivity index (χ0v) is 11.9. The quantitative estimate of drug-likeness (QED) is 0.709. The molecule has 0 aliphatic carbocycles. The van der Waals surface area contributed by atoms with Crippen molar-refractivity contribution in [2.75, 3.05) is 6.54 Å². The third-order valence-corrected chi connectivity index (χ3v) is 2.98. The van der Waals surface area contributed by atoms with Crippen LogP contribution in [0.4, 0.5) is 0 Å². The summed E-state index contributed by atoms with van der Waals surface area (Å²) in [4.78, 5) is 15.5. The number of unbranched alkanes of at least 4 members (excludes halogenated alkanes) is 3. The summed E-state index contributed by atoms with van der Waals surface area (Å²) in [6, 6.07) is 1.42. The molecule has 0 aromatic carbocycles. The highest BCUT2D eigenvalue weighted by molar-refractivity contribution is 5.94. The molecular weight excluding hydrogens is 240 g/mol. The third-order valence-electron chi connectivity index (χ3n) is 2.98. The molecule has 0 aliphatic heterocycles. The Hall–Kier alpha value is -1.58. The molecule has 0 aliphatic rings. The number of rotatable bonds is 8. The minimum atomic E-state index is -0.175. The van der Waals surface area contributed by atoms with Gasteiger partial charge in [-0.1, -0.05) is 39.5 Å². The van der Waals surface area contributed by atoms with Gasteiger partial charge in [0.1, 0.15) is 5.75 Å². The topological polar surface area (TPSA) is 62.2 Å². The number of aromatic nitrogens is 1. The van der Waals surface area contributed by atoms with Gasteiger partial charge in [-0.15, -0.1) is 0 Å². The minimum Gasteiger partial charge on any atom is -0.506 e. The van der Waals surface area contributed by atoms with E-state index in [9.17, 15) is 9.90 Å². The first-order valence-electron chi connectivity index (χ1n) is 7.02. The zero-order chi connectivity index (χ0) is 14.1. The van der Waals surface area contributed by atoms with E-state index in [0.29, 0.717) is 12.1 Å². The highest BCUT2D eigenvalue weighted by Gasteiger charge is 2.05. The van der Waals surface area contributed by atoms with Crippen molar-refractivity contribution in [3.05, 3.63) is 24.0 Å². The van der Waals surface area contributed by atoms with E-state index in [1.807, 2.05) is 0 Å². The molecule has 4 nitrogen and oxygen atoms in total. The van der Waals surface area contributed by atoms with Crippen molar-refractivity contribution in [1.82, 2.24) is 10.3 Å². The number of nitrogens with zero attached hydrogens (tertiary/aromatic N) is 1. The molecule has 0 bridgehead atoms. The molecule has 106 valence electrons. The van der Waals surface area contributed by atoms with Gasteiger partial charge in [0.25, 0.3) is 5.91 Å². The van der Waals surface area contributed by atoms with Gasteiger partial charge in [-0.3, -0.25) is 9.78 Å². The van der Waals surface area contributed by atoms with Gasteiger partial charge < -0.3 is 10.4 Å². The fourth-order valence-electron chi connectivity index (χ4n) is 1.89. The maximum absolute atomic E-state index is 11.7. The van der Waals surface area contributed by atoms with Crippen LogP contribution in [-0.4, -0.2) is 22.5 Å². The Bertz CT molecular complexity index is 391. The fraction of sp³-hybridized carbons (Fsp3) is 0.600. The van der Waals surface area contributed by atoms with E-state index in [2.05, 4.69) is 24.1 Å². The lowest BCUT2D eigenvalue weighted by Gasteiger charge is -2.06. The van der Waals surface area contributed by atoms with Gasteiger partial charge in [-0.05, 0) is 18.4 Å². The van der Waals surface area contributed by atoms with Crippen LogP contribution >= 0.6 is 0 Å². The van der Waals surface area contributed by atoms with Gasteiger partial charge in [-0.25, -0.2) is 0 Å². The van der Waals surface area contributed by atoms with Gasteiger partial charge in [-0.2, -0.15) is 0 Å². The van der Waals surface area contributed by atoms with Crippen molar-refractivity contribution < 1.29 is 9.90 Å². The second-order valence-electron chi connectivity index (χ2n) is 5.28. The molecule has 0 radical (unpaired) electrons. The van der Waals surface area contributed by atoms with Gasteiger partial charge in [0.2, 0.25) is 0 Å². The van der Waals surface area contributed by atoms with E-state index in [1.165, 1.54) is 37.7 Å². The molecule has 19 heavy (non-hydrogen) atoms. The molecular formula is C15H24N2O2. The summed E-state index contributed by atoms with van der Waals surface area (Å²) in [5.74, 6) is 0.616. The number of hydrogen-bond acceptors (Lipinski definition) is 3. The van der Waals surface area contributed by atoms with Gasteiger partial charge in [0.05, 0.1) is 11.8 Å². The lowest BCUT2D eigenvalue weighted by molar-refractivity contribution is 0.0952. The number of nitrogens with one attached hydrogen (secondary N) is 1. The normalized spacial score (nSPS) is 10.7. The summed E-state index contributed by atoms with van der Waals surface area (Å²) in [5, 5.41) is 12.1. The summed E-state index contributed by atoms with van der Waals surface area (Å²) >= 11 is 0. The van der Waals surface area contributed by atoms with E-state index < -0.39 is 0 Å². The number of amides is 1. The Kier molecular flexibility index (Phi) is 6.93. The lowest BCUT2D eigenvalue weighted by atomic mass is 10.0. The van der Waals surface area contributed by atoms with Crippen LogP contribution in [0.1, 0.15) is 56.3 Å². The highest BCUT2D eigenvalue weighted by atomic mass is 16.3. The predicted molar refractivity (Wildman–Crippen MR) is 76.2 cm³/mol. The Morgan fingerprint density at radius 1 is 1.26 bits per heavy atom. The van der Waals surface area contributed by atoms with Crippen LogP contribution in [0.25, 0.3) is 0 Å².